The monoisotopic (exact) mass is 187 g/mol. The van der Waals surface area contributed by atoms with Gasteiger partial charge in [0, 0.05) is 12.0 Å². The minimum atomic E-state index is 0.395. The van der Waals surface area contributed by atoms with Crippen LogP contribution in [0.15, 0.2) is 47.1 Å². The van der Waals surface area contributed by atoms with Gasteiger partial charge in [0.2, 0.25) is 0 Å². The molecule has 3 rings (SSSR count). The van der Waals surface area contributed by atoms with E-state index < -0.39 is 0 Å². The Bertz CT molecular complexity index is 399. The molecule has 0 aromatic rings. The summed E-state index contributed by atoms with van der Waals surface area (Å²) in [6.07, 6.45) is 11.6. The van der Waals surface area contributed by atoms with Gasteiger partial charge in [0.15, 0.2) is 0 Å². The third kappa shape index (κ3) is 0.969. The normalized spacial score (nSPS) is 29.0. The van der Waals surface area contributed by atoms with Crippen molar-refractivity contribution in [2.75, 3.05) is 0 Å². The van der Waals surface area contributed by atoms with Gasteiger partial charge in [0.05, 0.1) is 11.6 Å². The van der Waals surface area contributed by atoms with Crippen LogP contribution >= 0.6 is 0 Å². The molecule has 0 aromatic carbocycles. The van der Waals surface area contributed by atoms with Crippen molar-refractivity contribution < 1.29 is 4.74 Å². The van der Waals surface area contributed by atoms with Gasteiger partial charge in [-0.3, -0.25) is 0 Å². The molecule has 0 amide bonds. The summed E-state index contributed by atoms with van der Waals surface area (Å²) in [4.78, 5) is 0. The molecule has 1 heterocycles. The van der Waals surface area contributed by atoms with Crippen LogP contribution in [0.5, 0.6) is 0 Å². The predicted octanol–water partition coefficient (Wildman–Crippen LogP) is 2.37. The van der Waals surface area contributed by atoms with Gasteiger partial charge < -0.3 is 10.5 Å². The number of allylic oxidation sites excluding steroid dienone is 6. The van der Waals surface area contributed by atoms with Crippen molar-refractivity contribution in [1.29, 1.82) is 0 Å². The number of hydrogen-bond donors (Lipinski definition) is 1. The van der Waals surface area contributed by atoms with E-state index in [0.717, 1.165) is 36.5 Å². The third-order valence-electron chi connectivity index (χ3n) is 3.04. The molecule has 0 saturated carbocycles. The van der Waals surface area contributed by atoms with Crippen LogP contribution < -0.4 is 5.73 Å². The van der Waals surface area contributed by atoms with Gasteiger partial charge in [-0.25, -0.2) is 0 Å². The van der Waals surface area contributed by atoms with E-state index in [9.17, 15) is 0 Å². The van der Waals surface area contributed by atoms with Crippen molar-refractivity contribution in [1.82, 2.24) is 0 Å². The molecule has 0 bridgehead atoms. The topological polar surface area (TPSA) is 35.2 Å². The zero-order valence-electron chi connectivity index (χ0n) is 7.99. The highest BCUT2D eigenvalue weighted by molar-refractivity contribution is 5.43. The summed E-state index contributed by atoms with van der Waals surface area (Å²) in [5.74, 6) is 2.51. The van der Waals surface area contributed by atoms with Crippen molar-refractivity contribution >= 4 is 0 Å². The summed E-state index contributed by atoms with van der Waals surface area (Å²) in [5.41, 5.74) is 8.03. The Morgan fingerprint density at radius 3 is 3.14 bits per heavy atom. The molecule has 0 saturated heterocycles. The molecule has 0 fully saturated rings. The second kappa shape index (κ2) is 2.77. The molecule has 0 unspecified atom stereocenters. The van der Waals surface area contributed by atoms with Crippen LogP contribution in [0.3, 0.4) is 0 Å². The van der Waals surface area contributed by atoms with Gasteiger partial charge in [0.25, 0.3) is 0 Å². The maximum atomic E-state index is 5.89. The van der Waals surface area contributed by atoms with E-state index in [4.69, 9.17) is 10.5 Å². The Morgan fingerprint density at radius 1 is 1.29 bits per heavy atom. The highest BCUT2D eigenvalue weighted by Gasteiger charge is 2.33. The smallest absolute Gasteiger partial charge is 0.134 e. The highest BCUT2D eigenvalue weighted by atomic mass is 16.5. The molecule has 0 radical (unpaired) electrons. The van der Waals surface area contributed by atoms with E-state index in [1.165, 1.54) is 5.57 Å². The molecule has 2 N–H and O–H groups in total. The summed E-state index contributed by atoms with van der Waals surface area (Å²) in [5, 5.41) is 0. The molecule has 1 aliphatic heterocycles. The zero-order valence-corrected chi connectivity index (χ0v) is 7.99. The maximum Gasteiger partial charge on any atom is 0.134 e. The summed E-state index contributed by atoms with van der Waals surface area (Å²) in [6.45, 7) is 0. The number of ether oxygens (including phenoxy) is 1. The van der Waals surface area contributed by atoms with E-state index >= 15 is 0 Å². The summed E-state index contributed by atoms with van der Waals surface area (Å²) in [7, 11) is 0. The molecule has 2 heteroatoms. The molecule has 0 aromatic heterocycles. The van der Waals surface area contributed by atoms with Crippen molar-refractivity contribution in [3.8, 4) is 0 Å². The Morgan fingerprint density at radius 2 is 2.21 bits per heavy atom. The van der Waals surface area contributed by atoms with Crippen LogP contribution in [0.1, 0.15) is 19.3 Å². The van der Waals surface area contributed by atoms with Crippen LogP contribution in [0.2, 0.25) is 0 Å². The van der Waals surface area contributed by atoms with Crippen molar-refractivity contribution in [3.05, 3.63) is 47.1 Å². The van der Waals surface area contributed by atoms with Crippen molar-refractivity contribution in [2.24, 2.45) is 11.7 Å². The Kier molecular flexibility index (Phi) is 1.57. The van der Waals surface area contributed by atoms with Crippen molar-refractivity contribution in [3.63, 3.8) is 0 Å². The van der Waals surface area contributed by atoms with Crippen LogP contribution in [0, 0.1) is 5.92 Å². The van der Waals surface area contributed by atoms with Gasteiger partial charge in [-0.2, -0.15) is 0 Å². The van der Waals surface area contributed by atoms with Gasteiger partial charge in [-0.05, 0) is 18.9 Å². The average molecular weight is 187 g/mol. The molecule has 2 aliphatic carbocycles. The number of hydrogen-bond acceptors (Lipinski definition) is 2. The Hall–Kier alpha value is -1.44. The molecule has 0 spiro atoms. The molecular weight excluding hydrogens is 174 g/mol. The van der Waals surface area contributed by atoms with Crippen LogP contribution in [0.25, 0.3) is 0 Å². The molecule has 2 nitrogen and oxygen atoms in total. The van der Waals surface area contributed by atoms with Crippen LogP contribution in [0.4, 0.5) is 0 Å². The Balaban J connectivity index is 2.05. The molecular formula is C12H13NO. The van der Waals surface area contributed by atoms with Crippen LogP contribution in [-0.2, 0) is 4.74 Å². The lowest BCUT2D eigenvalue weighted by Gasteiger charge is -2.15. The lowest BCUT2D eigenvalue weighted by atomic mass is 9.88. The largest absolute Gasteiger partial charge is 0.463 e. The van der Waals surface area contributed by atoms with Crippen molar-refractivity contribution in [2.45, 2.75) is 19.3 Å². The summed E-state index contributed by atoms with van der Waals surface area (Å²) < 4.78 is 5.81. The number of fused-ring (bicyclic) bond motifs is 2. The fourth-order valence-corrected chi connectivity index (χ4v) is 2.33. The lowest BCUT2D eigenvalue weighted by Crippen LogP contribution is -2.11. The SMILES string of the molecule is NC1=C2OC3=C(C=CCC3)[C@@H]2CC=C1. The van der Waals surface area contributed by atoms with Gasteiger partial charge in [-0.1, -0.05) is 18.2 Å². The first-order valence-electron chi connectivity index (χ1n) is 5.10. The first kappa shape index (κ1) is 7.92. The van der Waals surface area contributed by atoms with Gasteiger partial charge in [-0.15, -0.1) is 0 Å². The van der Waals surface area contributed by atoms with Gasteiger partial charge in [0.1, 0.15) is 11.5 Å². The minimum Gasteiger partial charge on any atom is -0.463 e. The molecule has 1 atom stereocenters. The number of nitrogens with two attached hydrogens (primary N) is 1. The first-order chi connectivity index (χ1) is 6.86. The van der Waals surface area contributed by atoms with E-state index in [1.807, 2.05) is 6.08 Å². The standard InChI is InChI=1S/C12H13NO/c13-10-6-3-5-9-8-4-1-2-7-11(8)14-12(9)10/h1,3-4,6,9H,2,5,7,13H2/t9-/m0/s1. The lowest BCUT2D eigenvalue weighted by molar-refractivity contribution is 0.287. The molecule has 72 valence electrons. The second-order valence-electron chi connectivity index (χ2n) is 3.93. The van der Waals surface area contributed by atoms with E-state index in [1.54, 1.807) is 0 Å². The van der Waals surface area contributed by atoms with Crippen LogP contribution in [-0.4, -0.2) is 0 Å². The molecule has 14 heavy (non-hydrogen) atoms. The summed E-state index contributed by atoms with van der Waals surface area (Å²) >= 11 is 0. The average Bonchev–Trinajstić information content (AvgIpc) is 2.59. The third-order valence-corrected chi connectivity index (χ3v) is 3.04. The first-order valence-corrected chi connectivity index (χ1v) is 5.10. The van der Waals surface area contributed by atoms with Gasteiger partial charge >= 0.3 is 0 Å². The highest BCUT2D eigenvalue weighted by Crippen LogP contribution is 2.43. The quantitative estimate of drug-likeness (QED) is 0.632. The second-order valence-corrected chi connectivity index (χ2v) is 3.93. The summed E-state index contributed by atoms with van der Waals surface area (Å²) in [6, 6.07) is 0. The number of rotatable bonds is 0. The minimum absolute atomic E-state index is 0.395. The van der Waals surface area contributed by atoms with E-state index in [2.05, 4.69) is 18.2 Å². The maximum absolute atomic E-state index is 5.89. The fourth-order valence-electron chi connectivity index (χ4n) is 2.33. The molecule has 3 aliphatic rings. The fraction of sp³-hybridized carbons (Fsp3) is 0.333. The Labute approximate surface area is 83.4 Å². The zero-order chi connectivity index (χ0) is 9.54. The predicted molar refractivity (Wildman–Crippen MR) is 54.9 cm³/mol. The van der Waals surface area contributed by atoms with E-state index in [-0.39, 0.29) is 0 Å². The van der Waals surface area contributed by atoms with E-state index in [0.29, 0.717) is 5.92 Å².